The lowest BCUT2D eigenvalue weighted by Gasteiger charge is -2.32. The molecule has 29 heavy (non-hydrogen) atoms. The highest BCUT2D eigenvalue weighted by Gasteiger charge is 2.26. The van der Waals surface area contributed by atoms with E-state index >= 15 is 0 Å². The molecule has 1 amide bonds. The lowest BCUT2D eigenvalue weighted by molar-refractivity contribution is -0.138. The molecule has 2 aromatic heterocycles. The van der Waals surface area contributed by atoms with E-state index < -0.39 is 0 Å². The standard InChI is InChI=1S/C22H23N3O3S/c1-15-24-18(14-29-15)11-22(26)25-8-9-28-21(13-25)20-7-6-17(12-23-20)16-4-3-5-19(10-16)27-2/h3-7,10,12,14,21H,8-9,11,13H2,1-2H3/t21-/m0/s1. The molecule has 3 aromatic rings. The van der Waals surface area contributed by atoms with Crippen molar-refractivity contribution in [3.8, 4) is 16.9 Å². The highest BCUT2D eigenvalue weighted by Crippen LogP contribution is 2.26. The number of ether oxygens (including phenoxy) is 2. The van der Waals surface area contributed by atoms with Crippen molar-refractivity contribution in [3.05, 3.63) is 64.4 Å². The van der Waals surface area contributed by atoms with Crippen LogP contribution in [0.3, 0.4) is 0 Å². The van der Waals surface area contributed by atoms with E-state index in [4.69, 9.17) is 9.47 Å². The molecule has 3 heterocycles. The van der Waals surface area contributed by atoms with Crippen molar-refractivity contribution in [2.75, 3.05) is 26.8 Å². The van der Waals surface area contributed by atoms with Gasteiger partial charge in [-0.15, -0.1) is 11.3 Å². The molecule has 4 rings (SSSR count). The molecule has 1 aliphatic heterocycles. The molecule has 0 radical (unpaired) electrons. The van der Waals surface area contributed by atoms with Crippen molar-refractivity contribution in [2.45, 2.75) is 19.4 Å². The second kappa shape index (κ2) is 8.71. The molecular weight excluding hydrogens is 386 g/mol. The van der Waals surface area contributed by atoms with E-state index in [0.29, 0.717) is 26.1 Å². The summed E-state index contributed by atoms with van der Waals surface area (Å²) >= 11 is 1.57. The van der Waals surface area contributed by atoms with Crippen LogP contribution in [-0.4, -0.2) is 47.6 Å². The largest absolute Gasteiger partial charge is 0.497 e. The molecule has 1 atom stereocenters. The lowest BCUT2D eigenvalue weighted by atomic mass is 10.1. The minimum atomic E-state index is -0.218. The molecule has 1 saturated heterocycles. The van der Waals surface area contributed by atoms with Crippen LogP contribution in [0.25, 0.3) is 11.1 Å². The van der Waals surface area contributed by atoms with Crippen LogP contribution in [0.15, 0.2) is 48.0 Å². The second-order valence-corrected chi connectivity index (χ2v) is 8.00. The molecule has 7 heteroatoms. The fourth-order valence-corrected chi connectivity index (χ4v) is 3.99. The van der Waals surface area contributed by atoms with Gasteiger partial charge in [-0.2, -0.15) is 0 Å². The summed E-state index contributed by atoms with van der Waals surface area (Å²) in [5.41, 5.74) is 3.72. The molecule has 6 nitrogen and oxygen atoms in total. The smallest absolute Gasteiger partial charge is 0.228 e. The minimum absolute atomic E-state index is 0.0802. The van der Waals surface area contributed by atoms with E-state index in [2.05, 4.69) is 9.97 Å². The van der Waals surface area contributed by atoms with Crippen molar-refractivity contribution in [2.24, 2.45) is 0 Å². The van der Waals surface area contributed by atoms with Gasteiger partial charge in [-0.25, -0.2) is 4.98 Å². The average molecular weight is 410 g/mol. The van der Waals surface area contributed by atoms with Gasteiger partial charge >= 0.3 is 0 Å². The van der Waals surface area contributed by atoms with Gasteiger partial charge < -0.3 is 14.4 Å². The monoisotopic (exact) mass is 409 g/mol. The number of carbonyl (C=O) groups is 1. The molecule has 0 aliphatic carbocycles. The molecule has 150 valence electrons. The Morgan fingerprint density at radius 3 is 2.93 bits per heavy atom. The predicted molar refractivity (Wildman–Crippen MR) is 112 cm³/mol. The molecule has 1 fully saturated rings. The van der Waals surface area contributed by atoms with Crippen molar-refractivity contribution >= 4 is 17.2 Å². The fourth-order valence-electron chi connectivity index (χ4n) is 3.38. The van der Waals surface area contributed by atoms with Crippen LogP contribution in [0.5, 0.6) is 5.75 Å². The first-order valence-corrected chi connectivity index (χ1v) is 10.4. The van der Waals surface area contributed by atoms with Crippen LogP contribution in [0.2, 0.25) is 0 Å². The van der Waals surface area contributed by atoms with Gasteiger partial charge in [0.2, 0.25) is 5.91 Å². The van der Waals surface area contributed by atoms with E-state index in [1.54, 1.807) is 18.4 Å². The van der Waals surface area contributed by atoms with Gasteiger partial charge in [-0.1, -0.05) is 18.2 Å². The lowest BCUT2D eigenvalue weighted by Crippen LogP contribution is -2.43. The van der Waals surface area contributed by atoms with Gasteiger partial charge in [-0.3, -0.25) is 9.78 Å². The number of rotatable bonds is 5. The summed E-state index contributed by atoms with van der Waals surface area (Å²) in [6, 6.07) is 11.9. The Hall–Kier alpha value is -2.77. The molecule has 1 aromatic carbocycles. The van der Waals surface area contributed by atoms with Crippen LogP contribution in [0.4, 0.5) is 0 Å². The summed E-state index contributed by atoms with van der Waals surface area (Å²) in [5, 5.41) is 2.93. The number of methoxy groups -OCH3 is 1. The van der Waals surface area contributed by atoms with Crippen LogP contribution in [0, 0.1) is 6.92 Å². The Bertz CT molecular complexity index is 987. The van der Waals surface area contributed by atoms with Gasteiger partial charge in [0.25, 0.3) is 0 Å². The molecule has 0 bridgehead atoms. The van der Waals surface area contributed by atoms with Gasteiger partial charge in [0.05, 0.1) is 43.1 Å². The second-order valence-electron chi connectivity index (χ2n) is 6.94. The van der Waals surface area contributed by atoms with Crippen LogP contribution >= 0.6 is 11.3 Å². The van der Waals surface area contributed by atoms with Crippen molar-refractivity contribution in [1.29, 1.82) is 0 Å². The van der Waals surface area contributed by atoms with Gasteiger partial charge in [0.1, 0.15) is 11.9 Å². The summed E-state index contributed by atoms with van der Waals surface area (Å²) in [5.74, 6) is 0.892. The SMILES string of the molecule is COc1cccc(-c2ccc([C@@H]3CN(C(=O)Cc4csc(C)n4)CCO3)nc2)c1. The number of morpholine rings is 1. The number of aryl methyl sites for hydroxylation is 1. The number of thiazole rings is 1. The van der Waals surface area contributed by atoms with Crippen LogP contribution in [-0.2, 0) is 16.0 Å². The van der Waals surface area contributed by atoms with E-state index in [0.717, 1.165) is 33.3 Å². The van der Waals surface area contributed by atoms with Crippen LogP contribution in [0.1, 0.15) is 22.5 Å². The Morgan fingerprint density at radius 1 is 1.31 bits per heavy atom. The zero-order chi connectivity index (χ0) is 20.2. The van der Waals surface area contributed by atoms with E-state index in [9.17, 15) is 4.79 Å². The number of carbonyl (C=O) groups excluding carboxylic acids is 1. The maximum atomic E-state index is 12.7. The number of hydrogen-bond acceptors (Lipinski definition) is 6. The topological polar surface area (TPSA) is 64.5 Å². The number of nitrogens with zero attached hydrogens (tertiary/aromatic N) is 3. The molecule has 0 spiro atoms. The minimum Gasteiger partial charge on any atom is -0.497 e. The van der Waals surface area contributed by atoms with E-state index in [-0.39, 0.29) is 12.0 Å². The van der Waals surface area contributed by atoms with E-state index in [1.807, 2.05) is 59.8 Å². The summed E-state index contributed by atoms with van der Waals surface area (Å²) in [6.45, 7) is 3.56. The first-order chi connectivity index (χ1) is 14.1. The molecule has 0 unspecified atom stereocenters. The summed E-state index contributed by atoms with van der Waals surface area (Å²) in [6.07, 6.45) is 1.95. The third-order valence-corrected chi connectivity index (χ3v) is 5.76. The quantitative estimate of drug-likeness (QED) is 0.643. The number of pyridine rings is 1. The predicted octanol–water partition coefficient (Wildman–Crippen LogP) is 3.66. The van der Waals surface area contributed by atoms with Gasteiger partial charge in [0.15, 0.2) is 0 Å². The third-order valence-electron chi connectivity index (χ3n) is 4.94. The molecule has 0 saturated carbocycles. The summed E-state index contributed by atoms with van der Waals surface area (Å²) < 4.78 is 11.2. The van der Waals surface area contributed by atoms with E-state index in [1.165, 1.54) is 0 Å². The zero-order valence-electron chi connectivity index (χ0n) is 16.5. The van der Waals surface area contributed by atoms with Crippen molar-refractivity contribution < 1.29 is 14.3 Å². The number of aromatic nitrogens is 2. The highest BCUT2D eigenvalue weighted by atomic mass is 32.1. The van der Waals surface area contributed by atoms with Crippen LogP contribution < -0.4 is 4.74 Å². The Kier molecular flexibility index (Phi) is 5.87. The molecule has 1 aliphatic rings. The number of amides is 1. The van der Waals surface area contributed by atoms with Gasteiger partial charge in [0, 0.05) is 23.7 Å². The molecule has 0 N–H and O–H groups in total. The Labute approximate surface area is 174 Å². The normalized spacial score (nSPS) is 16.6. The maximum absolute atomic E-state index is 12.7. The number of hydrogen-bond donors (Lipinski definition) is 0. The average Bonchev–Trinajstić information content (AvgIpc) is 3.18. The summed E-state index contributed by atoms with van der Waals surface area (Å²) in [7, 11) is 1.66. The zero-order valence-corrected chi connectivity index (χ0v) is 17.3. The maximum Gasteiger partial charge on any atom is 0.228 e. The Morgan fingerprint density at radius 2 is 2.21 bits per heavy atom. The van der Waals surface area contributed by atoms with Crippen molar-refractivity contribution in [3.63, 3.8) is 0 Å². The summed E-state index contributed by atoms with van der Waals surface area (Å²) in [4.78, 5) is 23.5. The first kappa shape index (κ1) is 19.5. The first-order valence-electron chi connectivity index (χ1n) is 9.53. The Balaban J connectivity index is 1.43. The molecular formula is C22H23N3O3S. The highest BCUT2D eigenvalue weighted by molar-refractivity contribution is 7.09. The fraction of sp³-hybridized carbons (Fsp3) is 0.318. The number of benzene rings is 1. The van der Waals surface area contributed by atoms with Gasteiger partial charge in [-0.05, 0) is 30.7 Å². The van der Waals surface area contributed by atoms with Crippen molar-refractivity contribution in [1.82, 2.24) is 14.9 Å². The third kappa shape index (κ3) is 4.63.